The summed E-state index contributed by atoms with van der Waals surface area (Å²) in [6.07, 6.45) is 5.79. The molecule has 0 saturated heterocycles. The third-order valence-electron chi connectivity index (χ3n) is 3.38. The lowest BCUT2D eigenvalue weighted by molar-refractivity contribution is -0.138. The van der Waals surface area contributed by atoms with Gasteiger partial charge >= 0.3 is 11.9 Å². The number of ether oxygens (including phenoxy) is 1. The van der Waals surface area contributed by atoms with Crippen LogP contribution in [0.15, 0.2) is 12.1 Å². The van der Waals surface area contributed by atoms with E-state index in [9.17, 15) is 9.59 Å². The molecule has 0 aliphatic carbocycles. The van der Waals surface area contributed by atoms with Crippen LogP contribution in [0.5, 0.6) is 5.75 Å². The highest BCUT2D eigenvalue weighted by atomic mass is 35.5. The maximum Gasteiger partial charge on any atom is 0.311 e. The van der Waals surface area contributed by atoms with Crippen LogP contribution in [-0.2, 0) is 9.59 Å². The molecule has 1 aromatic carbocycles. The Labute approximate surface area is 175 Å². The van der Waals surface area contributed by atoms with E-state index in [1.54, 1.807) is 0 Å². The zero-order chi connectivity index (χ0) is 20.7. The van der Waals surface area contributed by atoms with Crippen molar-refractivity contribution in [3.8, 4) is 5.75 Å². The van der Waals surface area contributed by atoms with Crippen molar-refractivity contribution in [3.05, 3.63) is 27.2 Å². The summed E-state index contributed by atoms with van der Waals surface area (Å²) >= 11 is 17.4. The number of halogens is 3. The van der Waals surface area contributed by atoms with Gasteiger partial charge in [-0.05, 0) is 44.8 Å². The molecule has 0 fully saturated rings. The number of carboxylic acids is 1. The van der Waals surface area contributed by atoms with Crippen LogP contribution < -0.4 is 16.2 Å². The van der Waals surface area contributed by atoms with E-state index < -0.39 is 11.9 Å². The van der Waals surface area contributed by atoms with Crippen LogP contribution in [0.25, 0.3) is 0 Å². The summed E-state index contributed by atoms with van der Waals surface area (Å²) in [6.45, 7) is 1.65. The molecule has 0 aliphatic heterocycles. The average Bonchev–Trinajstić information content (AvgIpc) is 2.61. The number of carbonyl (C=O) groups is 2. The minimum Gasteiger partial charge on any atom is -0.481 e. The molecule has 1 rings (SSSR count). The third kappa shape index (κ3) is 13.7. The molecule has 0 atom stereocenters. The van der Waals surface area contributed by atoms with Crippen molar-refractivity contribution in [2.75, 3.05) is 13.1 Å². The Morgan fingerprint density at radius 1 is 0.815 bits per heavy atom. The number of unbranched alkanes of at least 4 members (excludes halogenated alkanes) is 4. The normalized spacial score (nSPS) is 10.1. The molecule has 1 aromatic rings. The fraction of sp³-hybridized carbons (Fsp3) is 0.556. The second-order valence-corrected chi connectivity index (χ2v) is 6.98. The average molecular weight is 442 g/mol. The van der Waals surface area contributed by atoms with Crippen LogP contribution >= 0.6 is 34.8 Å². The lowest BCUT2D eigenvalue weighted by Crippen LogP contribution is -2.08. The lowest BCUT2D eigenvalue weighted by atomic mass is 10.2. The highest BCUT2D eigenvalue weighted by molar-refractivity contribution is 6.43. The Bertz CT molecular complexity index is 580. The smallest absolute Gasteiger partial charge is 0.311 e. The largest absolute Gasteiger partial charge is 0.481 e. The van der Waals surface area contributed by atoms with Crippen LogP contribution in [0.3, 0.4) is 0 Å². The first-order valence-electron chi connectivity index (χ1n) is 8.79. The zero-order valence-corrected chi connectivity index (χ0v) is 17.5. The van der Waals surface area contributed by atoms with E-state index in [-0.39, 0.29) is 33.7 Å². The molecule has 0 aromatic heterocycles. The fourth-order valence-electron chi connectivity index (χ4n) is 1.94. The maximum absolute atomic E-state index is 11.5. The summed E-state index contributed by atoms with van der Waals surface area (Å²) in [7, 11) is 0. The number of carbonyl (C=O) groups excluding carboxylic acids is 1. The van der Waals surface area contributed by atoms with Crippen molar-refractivity contribution >= 4 is 46.7 Å². The quantitative estimate of drug-likeness (QED) is 0.199. The Hall–Kier alpha value is -1.05. The topological polar surface area (TPSA) is 116 Å². The van der Waals surface area contributed by atoms with Gasteiger partial charge in [-0.2, -0.15) is 0 Å². The number of aliphatic carboxylic acids is 1. The molecule has 0 radical (unpaired) electrons. The van der Waals surface area contributed by atoms with E-state index in [0.29, 0.717) is 12.8 Å². The highest BCUT2D eigenvalue weighted by Gasteiger charge is 2.11. The predicted molar refractivity (Wildman–Crippen MR) is 110 cm³/mol. The van der Waals surface area contributed by atoms with E-state index in [2.05, 4.69) is 0 Å². The van der Waals surface area contributed by atoms with Crippen LogP contribution in [-0.4, -0.2) is 30.1 Å². The summed E-state index contributed by atoms with van der Waals surface area (Å²) in [4.78, 5) is 21.8. The fourth-order valence-corrected chi connectivity index (χ4v) is 2.52. The molecule has 0 saturated carbocycles. The summed E-state index contributed by atoms with van der Waals surface area (Å²) in [6, 6.07) is 2.75. The van der Waals surface area contributed by atoms with Crippen LogP contribution in [0.4, 0.5) is 0 Å². The van der Waals surface area contributed by atoms with Gasteiger partial charge in [0.15, 0.2) is 5.75 Å². The van der Waals surface area contributed by atoms with E-state index in [1.807, 2.05) is 0 Å². The van der Waals surface area contributed by atoms with Gasteiger partial charge in [0.1, 0.15) is 0 Å². The monoisotopic (exact) mass is 440 g/mol. The Morgan fingerprint density at radius 2 is 1.33 bits per heavy atom. The molecule has 0 amide bonds. The van der Waals surface area contributed by atoms with Gasteiger partial charge in [-0.25, -0.2) is 0 Å². The van der Waals surface area contributed by atoms with Crippen LogP contribution in [0.1, 0.15) is 51.4 Å². The Balaban J connectivity index is 0.000000713. The third-order valence-corrected chi connectivity index (χ3v) is 4.40. The number of benzene rings is 1. The van der Waals surface area contributed by atoms with E-state index in [1.165, 1.54) is 25.0 Å². The van der Waals surface area contributed by atoms with Crippen molar-refractivity contribution < 1.29 is 19.4 Å². The molecular formula is C18H27Cl3N2O4. The number of esters is 1. The minimum atomic E-state index is -0.888. The molecule has 0 unspecified atom stereocenters. The van der Waals surface area contributed by atoms with Crippen molar-refractivity contribution in [2.24, 2.45) is 11.5 Å². The summed E-state index contributed by atoms with van der Waals surface area (Å²) in [5.74, 6) is -1.24. The molecule has 27 heavy (non-hydrogen) atoms. The zero-order valence-electron chi connectivity index (χ0n) is 15.2. The van der Waals surface area contributed by atoms with Gasteiger partial charge in [0.05, 0.1) is 15.1 Å². The molecular weight excluding hydrogens is 415 g/mol. The molecule has 6 nitrogen and oxygen atoms in total. The molecule has 154 valence electrons. The highest BCUT2D eigenvalue weighted by Crippen LogP contribution is 2.34. The molecule has 0 heterocycles. The number of nitrogens with two attached hydrogens (primary N) is 2. The molecule has 9 heteroatoms. The van der Waals surface area contributed by atoms with Gasteiger partial charge in [-0.3, -0.25) is 9.59 Å². The maximum atomic E-state index is 11.5. The van der Waals surface area contributed by atoms with Crippen molar-refractivity contribution in [1.82, 2.24) is 0 Å². The van der Waals surface area contributed by atoms with Gasteiger partial charge in [0, 0.05) is 18.9 Å². The SMILES string of the molecule is NCCCCCCN.O=C(O)CCCCC(=O)Oc1cc(Cl)c(Cl)cc1Cl. The first kappa shape index (κ1) is 26.0. The summed E-state index contributed by atoms with van der Waals surface area (Å²) in [5, 5.41) is 9.14. The Kier molecular flexibility index (Phi) is 15.3. The molecule has 0 aliphatic rings. The van der Waals surface area contributed by atoms with Crippen molar-refractivity contribution in [1.29, 1.82) is 0 Å². The molecule has 5 N–H and O–H groups in total. The molecule has 0 bridgehead atoms. The van der Waals surface area contributed by atoms with E-state index in [4.69, 9.17) is 56.1 Å². The predicted octanol–water partition coefficient (Wildman–Crippen LogP) is 4.66. The lowest BCUT2D eigenvalue weighted by Gasteiger charge is -2.07. The standard InChI is InChI=1S/C12H11Cl3O4.C6H16N2/c13-7-5-9(15)10(6-8(7)14)19-12(18)4-2-1-3-11(16)17;7-5-3-1-2-4-6-8/h5-6H,1-4H2,(H,16,17);1-8H2. The van der Waals surface area contributed by atoms with Gasteiger partial charge < -0.3 is 21.3 Å². The second kappa shape index (κ2) is 16.0. The summed E-state index contributed by atoms with van der Waals surface area (Å²) < 4.78 is 5.03. The Morgan fingerprint density at radius 3 is 1.85 bits per heavy atom. The van der Waals surface area contributed by atoms with Crippen LogP contribution in [0.2, 0.25) is 15.1 Å². The minimum absolute atomic E-state index is 0.0286. The molecule has 0 spiro atoms. The van der Waals surface area contributed by atoms with Crippen molar-refractivity contribution in [2.45, 2.75) is 51.4 Å². The first-order valence-corrected chi connectivity index (χ1v) is 9.92. The van der Waals surface area contributed by atoms with Crippen LogP contribution in [0, 0.1) is 0 Å². The van der Waals surface area contributed by atoms with E-state index in [0.717, 1.165) is 25.9 Å². The van der Waals surface area contributed by atoms with Gasteiger partial charge in [0.2, 0.25) is 0 Å². The second-order valence-electron chi connectivity index (χ2n) is 5.76. The van der Waals surface area contributed by atoms with Crippen molar-refractivity contribution in [3.63, 3.8) is 0 Å². The first-order chi connectivity index (χ1) is 12.8. The number of rotatable bonds is 11. The summed E-state index contributed by atoms with van der Waals surface area (Å²) in [5.41, 5.74) is 10.6. The number of hydrogen-bond donors (Lipinski definition) is 3. The van der Waals surface area contributed by atoms with E-state index >= 15 is 0 Å². The number of hydrogen-bond acceptors (Lipinski definition) is 5. The van der Waals surface area contributed by atoms with Gasteiger partial charge in [-0.15, -0.1) is 0 Å². The van der Waals surface area contributed by atoms with Gasteiger partial charge in [-0.1, -0.05) is 47.6 Å². The number of carboxylic acid groups (broad SMARTS) is 1. The van der Waals surface area contributed by atoms with Gasteiger partial charge in [0.25, 0.3) is 0 Å².